The van der Waals surface area contributed by atoms with E-state index in [0.717, 1.165) is 0 Å². The van der Waals surface area contributed by atoms with Crippen LogP contribution in [0.4, 0.5) is 5.69 Å². The maximum Gasteiger partial charge on any atom is 0.379 e. The van der Waals surface area contributed by atoms with Crippen molar-refractivity contribution in [2.45, 2.75) is 13.3 Å². The minimum absolute atomic E-state index is 0.108. The van der Waals surface area contributed by atoms with Crippen molar-refractivity contribution in [2.24, 2.45) is 0 Å². The molecule has 5 heteroatoms. The molecule has 1 aromatic carbocycles. The third-order valence-electron chi connectivity index (χ3n) is 2.41. The van der Waals surface area contributed by atoms with Crippen LogP contribution >= 0.6 is 0 Å². The average molecular weight is 259 g/mol. The van der Waals surface area contributed by atoms with Crippen molar-refractivity contribution in [3.05, 3.63) is 48.4 Å². The van der Waals surface area contributed by atoms with Gasteiger partial charge in [-0.05, 0) is 24.3 Å². The van der Waals surface area contributed by atoms with Gasteiger partial charge in [-0.15, -0.1) is 0 Å². The Morgan fingerprint density at radius 3 is 2.68 bits per heavy atom. The maximum atomic E-state index is 11.8. The van der Waals surface area contributed by atoms with E-state index in [1.165, 1.54) is 12.3 Å². The van der Waals surface area contributed by atoms with E-state index in [1.807, 2.05) is 0 Å². The summed E-state index contributed by atoms with van der Waals surface area (Å²) in [5.74, 6) is -0.369. The molecule has 0 radical (unpaired) electrons. The van der Waals surface area contributed by atoms with Crippen LogP contribution in [0.3, 0.4) is 0 Å². The first kappa shape index (κ1) is 12.9. The molecule has 1 heterocycles. The van der Waals surface area contributed by atoms with Crippen LogP contribution in [0.25, 0.3) is 0 Å². The van der Waals surface area contributed by atoms with Crippen molar-refractivity contribution < 1.29 is 18.7 Å². The van der Waals surface area contributed by atoms with E-state index in [9.17, 15) is 9.59 Å². The van der Waals surface area contributed by atoms with Crippen LogP contribution in [0.2, 0.25) is 0 Å². The zero-order chi connectivity index (χ0) is 13.7. The summed E-state index contributed by atoms with van der Waals surface area (Å²) in [6.45, 7) is 1.74. The highest BCUT2D eigenvalue weighted by atomic mass is 16.5. The van der Waals surface area contributed by atoms with Crippen molar-refractivity contribution in [1.82, 2.24) is 0 Å². The normalized spacial score (nSPS) is 9.95. The Balaban J connectivity index is 2.16. The molecule has 1 aromatic heterocycles. The van der Waals surface area contributed by atoms with Crippen LogP contribution in [0.1, 0.15) is 23.9 Å². The summed E-state index contributed by atoms with van der Waals surface area (Å²) in [7, 11) is 0. The third-order valence-corrected chi connectivity index (χ3v) is 2.41. The first-order chi connectivity index (χ1) is 9.20. The summed E-state index contributed by atoms with van der Waals surface area (Å²) in [6, 6.07) is 9.84. The highest BCUT2D eigenvalue weighted by Gasteiger charge is 2.14. The quantitative estimate of drug-likeness (QED) is 0.677. The number of rotatable bonds is 4. The Labute approximate surface area is 110 Å². The molecule has 0 aliphatic carbocycles. The van der Waals surface area contributed by atoms with E-state index >= 15 is 0 Å². The van der Waals surface area contributed by atoms with Crippen molar-refractivity contribution in [2.75, 3.05) is 5.32 Å². The molecule has 0 aliphatic rings. The summed E-state index contributed by atoms with van der Waals surface area (Å²) in [4.78, 5) is 23.1. The lowest BCUT2D eigenvalue weighted by Crippen LogP contribution is -2.13. The average Bonchev–Trinajstić information content (AvgIpc) is 2.95. The highest BCUT2D eigenvalue weighted by molar-refractivity contribution is 5.94. The lowest BCUT2D eigenvalue weighted by atomic mass is 10.3. The van der Waals surface area contributed by atoms with E-state index in [0.29, 0.717) is 12.1 Å². The van der Waals surface area contributed by atoms with Crippen LogP contribution in [0.5, 0.6) is 5.75 Å². The first-order valence-corrected chi connectivity index (χ1v) is 5.85. The van der Waals surface area contributed by atoms with Gasteiger partial charge in [-0.3, -0.25) is 4.79 Å². The van der Waals surface area contributed by atoms with E-state index in [1.54, 1.807) is 37.3 Å². The molecule has 2 aromatic rings. The van der Waals surface area contributed by atoms with Crippen molar-refractivity contribution >= 4 is 17.6 Å². The van der Waals surface area contributed by atoms with E-state index < -0.39 is 5.97 Å². The monoisotopic (exact) mass is 259 g/mol. The van der Waals surface area contributed by atoms with Crippen LogP contribution in [0, 0.1) is 0 Å². The molecule has 0 aliphatic heterocycles. The second-order valence-electron chi connectivity index (χ2n) is 3.76. The molecule has 0 bridgehead atoms. The van der Waals surface area contributed by atoms with Gasteiger partial charge in [-0.1, -0.05) is 19.1 Å². The number of hydrogen-bond donors (Lipinski definition) is 1. The molecular weight excluding hydrogens is 246 g/mol. The molecule has 1 N–H and O–H groups in total. The van der Waals surface area contributed by atoms with Gasteiger partial charge < -0.3 is 14.5 Å². The Morgan fingerprint density at radius 2 is 2.00 bits per heavy atom. The number of nitrogens with one attached hydrogen (secondary N) is 1. The zero-order valence-corrected chi connectivity index (χ0v) is 10.4. The largest absolute Gasteiger partial charge is 0.457 e. The second-order valence-corrected chi connectivity index (χ2v) is 3.76. The van der Waals surface area contributed by atoms with Crippen LogP contribution in [-0.4, -0.2) is 11.9 Å². The number of amides is 1. The highest BCUT2D eigenvalue weighted by Crippen LogP contribution is 2.24. The topological polar surface area (TPSA) is 68.5 Å². The summed E-state index contributed by atoms with van der Waals surface area (Å²) in [5.41, 5.74) is 0.453. The number of benzene rings is 1. The lowest BCUT2D eigenvalue weighted by Gasteiger charge is -2.09. The van der Waals surface area contributed by atoms with Crippen LogP contribution in [-0.2, 0) is 4.79 Å². The number of furan rings is 1. The van der Waals surface area contributed by atoms with E-state index in [4.69, 9.17) is 9.15 Å². The minimum atomic E-state index is -0.608. The molecule has 98 valence electrons. The zero-order valence-electron chi connectivity index (χ0n) is 10.4. The predicted octanol–water partition coefficient (Wildman–Crippen LogP) is 2.85. The van der Waals surface area contributed by atoms with Gasteiger partial charge in [0.15, 0.2) is 5.75 Å². The van der Waals surface area contributed by atoms with Crippen LogP contribution in [0.15, 0.2) is 47.1 Å². The molecule has 0 fully saturated rings. The Morgan fingerprint density at radius 1 is 1.21 bits per heavy atom. The third kappa shape index (κ3) is 3.22. The van der Waals surface area contributed by atoms with Gasteiger partial charge in [0.25, 0.3) is 0 Å². The Hall–Kier alpha value is -2.56. The predicted molar refractivity (Wildman–Crippen MR) is 69.0 cm³/mol. The van der Waals surface area contributed by atoms with Gasteiger partial charge in [0.1, 0.15) is 0 Å². The minimum Gasteiger partial charge on any atom is -0.457 e. The van der Waals surface area contributed by atoms with Crippen molar-refractivity contribution in [3.63, 3.8) is 0 Å². The molecular formula is C14H13NO4. The van der Waals surface area contributed by atoms with Gasteiger partial charge >= 0.3 is 5.97 Å². The van der Waals surface area contributed by atoms with Gasteiger partial charge in [0, 0.05) is 6.42 Å². The number of anilines is 1. The molecule has 0 unspecified atom stereocenters. The smallest absolute Gasteiger partial charge is 0.379 e. The molecule has 2 rings (SSSR count). The number of carbonyl (C=O) groups is 2. The number of para-hydroxylation sites is 2. The lowest BCUT2D eigenvalue weighted by molar-refractivity contribution is -0.115. The summed E-state index contributed by atoms with van der Waals surface area (Å²) >= 11 is 0. The van der Waals surface area contributed by atoms with Gasteiger partial charge in [0.2, 0.25) is 11.7 Å². The first-order valence-electron chi connectivity index (χ1n) is 5.85. The Bertz CT molecular complexity index is 575. The summed E-state index contributed by atoms with van der Waals surface area (Å²) in [5, 5.41) is 2.66. The van der Waals surface area contributed by atoms with Crippen LogP contribution < -0.4 is 10.1 Å². The number of hydrogen-bond acceptors (Lipinski definition) is 4. The van der Waals surface area contributed by atoms with Gasteiger partial charge in [-0.25, -0.2) is 4.79 Å². The number of ether oxygens (including phenoxy) is 1. The molecule has 0 atom stereocenters. The fourth-order valence-corrected chi connectivity index (χ4v) is 1.44. The molecule has 1 amide bonds. The van der Waals surface area contributed by atoms with Gasteiger partial charge in [-0.2, -0.15) is 0 Å². The maximum absolute atomic E-state index is 11.8. The van der Waals surface area contributed by atoms with Gasteiger partial charge in [0.05, 0.1) is 12.0 Å². The number of carbonyl (C=O) groups excluding carboxylic acids is 2. The molecule has 0 saturated heterocycles. The van der Waals surface area contributed by atoms with E-state index in [-0.39, 0.29) is 17.4 Å². The van der Waals surface area contributed by atoms with Crippen molar-refractivity contribution in [3.8, 4) is 5.75 Å². The molecule has 0 saturated carbocycles. The second kappa shape index (κ2) is 5.86. The summed E-state index contributed by atoms with van der Waals surface area (Å²) in [6.07, 6.45) is 1.74. The fourth-order valence-electron chi connectivity index (χ4n) is 1.44. The standard InChI is InChI=1S/C14H13NO4/c1-2-13(16)15-10-6-3-4-7-11(10)19-14(17)12-8-5-9-18-12/h3-9H,2H2,1H3,(H,15,16). The van der Waals surface area contributed by atoms with E-state index in [2.05, 4.69) is 5.32 Å². The summed E-state index contributed by atoms with van der Waals surface area (Å²) < 4.78 is 10.1. The molecule has 5 nitrogen and oxygen atoms in total. The SMILES string of the molecule is CCC(=O)Nc1ccccc1OC(=O)c1ccco1. The molecule has 0 spiro atoms. The fraction of sp³-hybridized carbons (Fsp3) is 0.143. The number of esters is 1. The Kier molecular flexibility index (Phi) is 3.97. The molecule has 19 heavy (non-hydrogen) atoms. The van der Waals surface area contributed by atoms with Crippen molar-refractivity contribution in [1.29, 1.82) is 0 Å².